The minimum atomic E-state index is 0.652. The first kappa shape index (κ1) is 10.8. The molecule has 0 unspecified atom stereocenters. The number of aryl methyl sites for hydroxylation is 1. The Morgan fingerprint density at radius 1 is 1.44 bits per heavy atom. The molecule has 0 spiro atoms. The van der Waals surface area contributed by atoms with Crippen LogP contribution >= 0.6 is 0 Å². The number of hydrogen-bond acceptors (Lipinski definition) is 3. The van der Waals surface area contributed by atoms with Crippen LogP contribution in [0.2, 0.25) is 0 Å². The van der Waals surface area contributed by atoms with E-state index in [1.165, 1.54) is 5.56 Å². The summed E-state index contributed by atoms with van der Waals surface area (Å²) in [4.78, 5) is 0. The largest absolute Gasteiger partial charge is 0.369 e. The molecule has 1 aromatic carbocycles. The molecule has 0 radical (unpaired) electrons. The predicted molar refractivity (Wildman–Crippen MR) is 69.9 cm³/mol. The number of rotatable bonds is 2. The Bertz CT molecular complexity index is 634. The second-order valence-electron chi connectivity index (χ2n) is 4.34. The highest BCUT2D eigenvalue weighted by Crippen LogP contribution is 2.29. The molecule has 2 heterocycles. The number of nitriles is 1. The zero-order chi connectivity index (χ0) is 12.5. The summed E-state index contributed by atoms with van der Waals surface area (Å²) in [5.74, 6) is 1.05. The van der Waals surface area contributed by atoms with Crippen LogP contribution in [0.1, 0.15) is 23.7 Å². The minimum absolute atomic E-state index is 0.652. The van der Waals surface area contributed by atoms with Gasteiger partial charge < -0.3 is 5.32 Å². The summed E-state index contributed by atoms with van der Waals surface area (Å²) in [5.41, 5.74) is 3.93. The molecule has 3 rings (SSSR count). The lowest BCUT2D eigenvalue weighted by Crippen LogP contribution is -2.06. The van der Waals surface area contributed by atoms with E-state index in [0.717, 1.165) is 36.6 Å². The molecular formula is C14H14N4. The fourth-order valence-electron chi connectivity index (χ4n) is 2.46. The monoisotopic (exact) mass is 238 g/mol. The Morgan fingerprint density at radius 2 is 2.28 bits per heavy atom. The summed E-state index contributed by atoms with van der Waals surface area (Å²) in [5, 5.41) is 17.2. The van der Waals surface area contributed by atoms with Crippen molar-refractivity contribution >= 4 is 5.82 Å². The van der Waals surface area contributed by atoms with Gasteiger partial charge in [-0.1, -0.05) is 19.1 Å². The first-order valence-electron chi connectivity index (χ1n) is 6.19. The maximum absolute atomic E-state index is 9.18. The smallest absolute Gasteiger partial charge is 0.133 e. The van der Waals surface area contributed by atoms with Crippen LogP contribution in [0.3, 0.4) is 0 Å². The van der Waals surface area contributed by atoms with E-state index in [0.29, 0.717) is 5.56 Å². The van der Waals surface area contributed by atoms with E-state index in [9.17, 15) is 5.26 Å². The second-order valence-corrected chi connectivity index (χ2v) is 4.34. The first-order valence-corrected chi connectivity index (χ1v) is 6.19. The summed E-state index contributed by atoms with van der Waals surface area (Å²) in [6, 6.07) is 9.79. The van der Waals surface area contributed by atoms with Crippen molar-refractivity contribution in [2.24, 2.45) is 0 Å². The molecule has 90 valence electrons. The molecule has 0 bridgehead atoms. The number of nitrogens with one attached hydrogen (secondary N) is 1. The van der Waals surface area contributed by atoms with E-state index >= 15 is 0 Å². The second kappa shape index (κ2) is 4.19. The van der Waals surface area contributed by atoms with E-state index in [-0.39, 0.29) is 0 Å². The average Bonchev–Trinajstić information content (AvgIpc) is 3.00. The quantitative estimate of drug-likeness (QED) is 0.873. The Kier molecular flexibility index (Phi) is 2.52. The fourth-order valence-corrected chi connectivity index (χ4v) is 2.46. The molecule has 1 aromatic heterocycles. The summed E-state index contributed by atoms with van der Waals surface area (Å²) in [7, 11) is 0. The van der Waals surface area contributed by atoms with E-state index < -0.39 is 0 Å². The van der Waals surface area contributed by atoms with Gasteiger partial charge in [0.2, 0.25) is 0 Å². The van der Waals surface area contributed by atoms with E-state index in [1.54, 1.807) is 0 Å². The number of nitrogens with zero attached hydrogens (tertiary/aromatic N) is 3. The summed E-state index contributed by atoms with van der Waals surface area (Å²) in [6.45, 7) is 3.07. The third-order valence-electron chi connectivity index (χ3n) is 3.32. The molecule has 0 fully saturated rings. The van der Waals surface area contributed by atoms with Gasteiger partial charge >= 0.3 is 0 Å². The van der Waals surface area contributed by atoms with Crippen LogP contribution in [0.25, 0.3) is 5.69 Å². The highest BCUT2D eigenvalue weighted by molar-refractivity contribution is 5.60. The first-order chi connectivity index (χ1) is 8.85. The van der Waals surface area contributed by atoms with Gasteiger partial charge in [0, 0.05) is 12.1 Å². The standard InChI is InChI=1S/C14H14N4/c1-2-12-11-7-8-16-14(11)18(17-12)13-6-4-3-5-10(13)9-15/h3-6,16H,2,7-8H2,1H3. The number of para-hydroxylation sites is 1. The van der Waals surface area contributed by atoms with Crippen LogP contribution < -0.4 is 5.32 Å². The van der Waals surface area contributed by atoms with Gasteiger partial charge in [0.05, 0.1) is 16.9 Å². The third-order valence-corrected chi connectivity index (χ3v) is 3.32. The topological polar surface area (TPSA) is 53.6 Å². The van der Waals surface area contributed by atoms with Crippen LogP contribution in [0.15, 0.2) is 24.3 Å². The molecule has 2 aromatic rings. The molecule has 1 aliphatic heterocycles. The highest BCUT2D eigenvalue weighted by atomic mass is 15.3. The third kappa shape index (κ3) is 1.48. The highest BCUT2D eigenvalue weighted by Gasteiger charge is 2.22. The van der Waals surface area contributed by atoms with E-state index in [1.807, 2.05) is 28.9 Å². The molecule has 1 N–H and O–H groups in total. The average molecular weight is 238 g/mol. The van der Waals surface area contributed by atoms with Gasteiger partial charge in [0.25, 0.3) is 0 Å². The van der Waals surface area contributed by atoms with Gasteiger partial charge in [-0.15, -0.1) is 0 Å². The van der Waals surface area contributed by atoms with E-state index in [2.05, 4.69) is 23.4 Å². The molecule has 18 heavy (non-hydrogen) atoms. The molecule has 0 saturated carbocycles. The molecule has 4 nitrogen and oxygen atoms in total. The number of benzene rings is 1. The molecular weight excluding hydrogens is 224 g/mol. The SMILES string of the molecule is CCc1nn(-c2ccccc2C#N)c2c1CCN2. The lowest BCUT2D eigenvalue weighted by atomic mass is 10.1. The molecule has 0 atom stereocenters. The minimum Gasteiger partial charge on any atom is -0.369 e. The molecule has 4 heteroatoms. The summed E-state index contributed by atoms with van der Waals surface area (Å²) in [6.07, 6.45) is 1.94. The number of hydrogen-bond donors (Lipinski definition) is 1. The molecule has 1 aliphatic rings. The Hall–Kier alpha value is -2.28. The van der Waals surface area contributed by atoms with Crippen molar-refractivity contribution in [3.63, 3.8) is 0 Å². The predicted octanol–water partition coefficient (Wildman–Crippen LogP) is 2.27. The Morgan fingerprint density at radius 3 is 3.06 bits per heavy atom. The maximum atomic E-state index is 9.18. The van der Waals surface area contributed by atoms with E-state index in [4.69, 9.17) is 0 Å². The number of aromatic nitrogens is 2. The van der Waals surface area contributed by atoms with Crippen molar-refractivity contribution in [2.75, 3.05) is 11.9 Å². The lowest BCUT2D eigenvalue weighted by Gasteiger charge is -2.07. The van der Waals surface area contributed by atoms with Gasteiger partial charge in [-0.3, -0.25) is 0 Å². The van der Waals surface area contributed by atoms with Crippen molar-refractivity contribution in [3.05, 3.63) is 41.1 Å². The van der Waals surface area contributed by atoms with Gasteiger partial charge in [0.1, 0.15) is 11.9 Å². The summed E-state index contributed by atoms with van der Waals surface area (Å²) >= 11 is 0. The van der Waals surface area contributed by atoms with Crippen molar-refractivity contribution in [2.45, 2.75) is 19.8 Å². The van der Waals surface area contributed by atoms with Crippen molar-refractivity contribution in [1.29, 1.82) is 5.26 Å². The normalized spacial score (nSPS) is 12.9. The van der Waals surface area contributed by atoms with Gasteiger partial charge in [0.15, 0.2) is 0 Å². The van der Waals surface area contributed by atoms with Crippen molar-refractivity contribution in [3.8, 4) is 11.8 Å². The molecule has 0 aliphatic carbocycles. The Balaban J connectivity index is 2.21. The number of fused-ring (bicyclic) bond motifs is 1. The zero-order valence-electron chi connectivity index (χ0n) is 10.3. The van der Waals surface area contributed by atoms with Crippen LogP contribution in [-0.2, 0) is 12.8 Å². The lowest BCUT2D eigenvalue weighted by molar-refractivity contribution is 0.830. The maximum Gasteiger partial charge on any atom is 0.133 e. The van der Waals surface area contributed by atoms with Crippen LogP contribution in [-0.4, -0.2) is 16.3 Å². The van der Waals surface area contributed by atoms with Crippen LogP contribution in [0.4, 0.5) is 5.82 Å². The van der Waals surface area contributed by atoms with Crippen molar-refractivity contribution in [1.82, 2.24) is 9.78 Å². The van der Waals surface area contributed by atoms with Gasteiger partial charge in [-0.05, 0) is 25.0 Å². The van der Waals surface area contributed by atoms with Gasteiger partial charge in [-0.25, -0.2) is 4.68 Å². The Labute approximate surface area is 106 Å². The van der Waals surface area contributed by atoms with Crippen molar-refractivity contribution < 1.29 is 0 Å². The van der Waals surface area contributed by atoms with Crippen LogP contribution in [0.5, 0.6) is 0 Å². The van der Waals surface area contributed by atoms with Gasteiger partial charge in [-0.2, -0.15) is 10.4 Å². The number of anilines is 1. The molecule has 0 saturated heterocycles. The fraction of sp³-hybridized carbons (Fsp3) is 0.286. The molecule has 0 amide bonds. The summed E-state index contributed by atoms with van der Waals surface area (Å²) < 4.78 is 1.87. The van der Waals surface area contributed by atoms with Crippen LogP contribution in [0, 0.1) is 11.3 Å². The zero-order valence-corrected chi connectivity index (χ0v) is 10.3.